The van der Waals surface area contributed by atoms with E-state index in [2.05, 4.69) is 6.07 Å². The molecule has 0 aromatic heterocycles. The van der Waals surface area contributed by atoms with Crippen LogP contribution in [0.15, 0.2) is 48.2 Å². The van der Waals surface area contributed by atoms with E-state index in [0.29, 0.717) is 22.0 Å². The molecule has 0 saturated carbocycles. The highest BCUT2D eigenvalue weighted by atomic mass is 16.3. The molecule has 0 aliphatic carbocycles. The largest absolute Gasteiger partial charge is 0.510 e. The highest BCUT2D eigenvalue weighted by Gasteiger charge is 2.59. The standard InChI is InChI=1S/C18H13N3O3/c1-18-15(22)8-9-20(18)17(24)21(16(18)23)14-7-6-11(10-19)12-4-2-3-5-13(12)14/h2-8,22H,9H2,1H3. The zero-order chi connectivity index (χ0) is 17.1. The van der Waals surface area contributed by atoms with Crippen LogP contribution < -0.4 is 4.90 Å². The van der Waals surface area contributed by atoms with E-state index in [1.807, 2.05) is 0 Å². The van der Waals surface area contributed by atoms with Crippen molar-refractivity contribution in [2.45, 2.75) is 12.5 Å². The Bertz CT molecular complexity index is 989. The maximum absolute atomic E-state index is 12.9. The summed E-state index contributed by atoms with van der Waals surface area (Å²) >= 11 is 0. The summed E-state index contributed by atoms with van der Waals surface area (Å²) in [6.45, 7) is 1.73. The van der Waals surface area contributed by atoms with Crippen molar-refractivity contribution >= 4 is 28.4 Å². The summed E-state index contributed by atoms with van der Waals surface area (Å²) in [6, 6.07) is 12.0. The summed E-state index contributed by atoms with van der Waals surface area (Å²) < 4.78 is 0. The van der Waals surface area contributed by atoms with Crippen molar-refractivity contribution in [1.82, 2.24) is 4.90 Å². The van der Waals surface area contributed by atoms with Crippen LogP contribution in [-0.4, -0.2) is 34.0 Å². The number of rotatable bonds is 1. The normalized spacial score (nSPS) is 22.8. The van der Waals surface area contributed by atoms with E-state index in [1.165, 1.54) is 17.9 Å². The second-order valence-electron chi connectivity index (χ2n) is 5.98. The number of nitrogens with zero attached hydrogens (tertiary/aromatic N) is 3. The number of urea groups is 1. The fraction of sp³-hybridized carbons (Fsp3) is 0.167. The van der Waals surface area contributed by atoms with Crippen LogP contribution in [0, 0.1) is 11.3 Å². The SMILES string of the molecule is CC12C(=O)N(c3ccc(C#N)c4ccccc34)C(=O)N1CC=C2O. The van der Waals surface area contributed by atoms with Gasteiger partial charge in [-0.15, -0.1) is 0 Å². The van der Waals surface area contributed by atoms with Crippen LogP contribution in [0.25, 0.3) is 10.8 Å². The average molecular weight is 319 g/mol. The molecule has 0 bridgehead atoms. The fourth-order valence-corrected chi connectivity index (χ4v) is 3.41. The van der Waals surface area contributed by atoms with Crippen molar-refractivity contribution in [3.63, 3.8) is 0 Å². The maximum Gasteiger partial charge on any atom is 0.333 e. The predicted molar refractivity (Wildman–Crippen MR) is 87.4 cm³/mol. The molecule has 6 nitrogen and oxygen atoms in total. The van der Waals surface area contributed by atoms with Crippen LogP contribution in [0.3, 0.4) is 0 Å². The fourth-order valence-electron chi connectivity index (χ4n) is 3.41. The maximum atomic E-state index is 12.9. The number of fused-ring (bicyclic) bond motifs is 2. The Morgan fingerprint density at radius 2 is 1.88 bits per heavy atom. The lowest BCUT2D eigenvalue weighted by Gasteiger charge is -2.23. The monoisotopic (exact) mass is 319 g/mol. The van der Waals surface area contributed by atoms with Gasteiger partial charge in [0, 0.05) is 17.3 Å². The molecule has 1 atom stereocenters. The van der Waals surface area contributed by atoms with Gasteiger partial charge in [0.05, 0.1) is 17.3 Å². The zero-order valence-corrected chi connectivity index (χ0v) is 12.9. The molecule has 1 fully saturated rings. The lowest BCUT2D eigenvalue weighted by atomic mass is 9.99. The van der Waals surface area contributed by atoms with Crippen LogP contribution in [0.2, 0.25) is 0 Å². The Balaban J connectivity index is 1.94. The third-order valence-electron chi connectivity index (χ3n) is 4.81. The first-order valence-corrected chi connectivity index (χ1v) is 7.47. The number of nitriles is 1. The van der Waals surface area contributed by atoms with Gasteiger partial charge < -0.3 is 5.11 Å². The minimum Gasteiger partial charge on any atom is -0.510 e. The van der Waals surface area contributed by atoms with E-state index in [1.54, 1.807) is 36.4 Å². The number of aliphatic hydroxyl groups is 1. The van der Waals surface area contributed by atoms with Gasteiger partial charge in [0.15, 0.2) is 5.54 Å². The number of hydrogen-bond acceptors (Lipinski definition) is 4. The first-order valence-electron chi connectivity index (χ1n) is 7.47. The third-order valence-corrected chi connectivity index (χ3v) is 4.81. The molecule has 4 rings (SSSR count). The van der Waals surface area contributed by atoms with Gasteiger partial charge in [0.2, 0.25) is 0 Å². The summed E-state index contributed by atoms with van der Waals surface area (Å²) in [5.74, 6) is -0.602. The molecular formula is C18H13N3O3. The molecule has 2 aromatic rings. The number of carbonyl (C=O) groups excluding carboxylic acids is 2. The molecule has 118 valence electrons. The zero-order valence-electron chi connectivity index (χ0n) is 12.9. The lowest BCUT2D eigenvalue weighted by Crippen LogP contribution is -2.44. The second-order valence-corrected chi connectivity index (χ2v) is 5.98. The molecule has 1 unspecified atom stereocenters. The van der Waals surface area contributed by atoms with Crippen molar-refractivity contribution in [1.29, 1.82) is 5.26 Å². The molecule has 0 spiro atoms. The first kappa shape index (κ1) is 14.3. The van der Waals surface area contributed by atoms with Gasteiger partial charge in [-0.1, -0.05) is 24.3 Å². The van der Waals surface area contributed by atoms with E-state index in [-0.39, 0.29) is 12.3 Å². The summed E-state index contributed by atoms with van der Waals surface area (Å²) in [5.41, 5.74) is -0.461. The van der Waals surface area contributed by atoms with Crippen LogP contribution in [-0.2, 0) is 4.79 Å². The van der Waals surface area contributed by atoms with Crippen LogP contribution in [0.4, 0.5) is 10.5 Å². The summed E-state index contributed by atoms with van der Waals surface area (Å²) in [5, 5.41) is 20.7. The third kappa shape index (κ3) is 1.53. The molecule has 6 heteroatoms. The Hall–Kier alpha value is -3.33. The molecule has 2 heterocycles. The van der Waals surface area contributed by atoms with Crippen molar-refractivity contribution < 1.29 is 14.7 Å². The number of amides is 3. The Morgan fingerprint density at radius 1 is 1.17 bits per heavy atom. The number of benzene rings is 2. The van der Waals surface area contributed by atoms with Crippen molar-refractivity contribution in [3.8, 4) is 6.07 Å². The molecule has 1 saturated heterocycles. The van der Waals surface area contributed by atoms with Gasteiger partial charge >= 0.3 is 6.03 Å². The number of anilines is 1. The molecule has 2 aliphatic rings. The Morgan fingerprint density at radius 3 is 2.54 bits per heavy atom. The van der Waals surface area contributed by atoms with E-state index in [9.17, 15) is 20.0 Å². The number of imide groups is 1. The molecule has 3 amide bonds. The van der Waals surface area contributed by atoms with Crippen LogP contribution >= 0.6 is 0 Å². The van der Waals surface area contributed by atoms with Crippen molar-refractivity contribution in [3.05, 3.63) is 53.8 Å². The summed E-state index contributed by atoms with van der Waals surface area (Å²) in [4.78, 5) is 28.1. The molecule has 0 radical (unpaired) electrons. The van der Waals surface area contributed by atoms with E-state index in [0.717, 1.165) is 4.90 Å². The van der Waals surface area contributed by atoms with Gasteiger partial charge in [0.25, 0.3) is 5.91 Å². The van der Waals surface area contributed by atoms with Gasteiger partial charge in [0.1, 0.15) is 5.76 Å². The predicted octanol–water partition coefficient (Wildman–Crippen LogP) is 2.69. The topological polar surface area (TPSA) is 84.6 Å². The van der Waals surface area contributed by atoms with Gasteiger partial charge in [-0.3, -0.25) is 9.69 Å². The highest BCUT2D eigenvalue weighted by Crippen LogP contribution is 2.41. The summed E-state index contributed by atoms with van der Waals surface area (Å²) in [6.07, 6.45) is 1.48. The van der Waals surface area contributed by atoms with Gasteiger partial charge in [-0.2, -0.15) is 5.26 Å². The smallest absolute Gasteiger partial charge is 0.333 e. The minimum absolute atomic E-state index is 0.110. The number of aliphatic hydroxyl groups excluding tert-OH is 1. The van der Waals surface area contributed by atoms with Crippen molar-refractivity contribution in [2.24, 2.45) is 0 Å². The molecule has 2 aliphatic heterocycles. The molecule has 24 heavy (non-hydrogen) atoms. The Kier molecular flexibility index (Phi) is 2.73. The lowest BCUT2D eigenvalue weighted by molar-refractivity contribution is -0.123. The average Bonchev–Trinajstić information content (AvgIpc) is 3.00. The second kappa shape index (κ2) is 4.59. The highest BCUT2D eigenvalue weighted by molar-refractivity contribution is 6.27. The van der Waals surface area contributed by atoms with Crippen molar-refractivity contribution in [2.75, 3.05) is 11.4 Å². The molecular weight excluding hydrogens is 306 g/mol. The van der Waals surface area contributed by atoms with E-state index in [4.69, 9.17) is 0 Å². The number of carbonyl (C=O) groups is 2. The number of hydrogen-bond donors (Lipinski definition) is 1. The quantitative estimate of drug-likeness (QED) is 0.819. The summed E-state index contributed by atoms with van der Waals surface area (Å²) in [7, 11) is 0. The van der Waals surface area contributed by atoms with Gasteiger partial charge in [-0.25, -0.2) is 9.69 Å². The Labute approximate surface area is 137 Å². The first-order chi connectivity index (χ1) is 11.5. The van der Waals surface area contributed by atoms with E-state index >= 15 is 0 Å². The molecule has 1 N–H and O–H groups in total. The van der Waals surface area contributed by atoms with Gasteiger partial charge in [-0.05, 0) is 25.1 Å². The van der Waals surface area contributed by atoms with Crippen LogP contribution in [0.1, 0.15) is 12.5 Å². The molecule has 2 aromatic carbocycles. The minimum atomic E-state index is -1.36. The van der Waals surface area contributed by atoms with Crippen LogP contribution in [0.5, 0.6) is 0 Å². The van der Waals surface area contributed by atoms with E-state index < -0.39 is 17.5 Å².